The maximum atomic E-state index is 10.2. The lowest BCUT2D eigenvalue weighted by atomic mass is 10.2. The molecular formula is C8H10O4. The molecule has 4 nitrogen and oxygen atoms in total. The Morgan fingerprint density at radius 1 is 1.67 bits per heavy atom. The van der Waals surface area contributed by atoms with Gasteiger partial charge in [-0.15, -0.1) is 0 Å². The second-order valence-electron chi connectivity index (χ2n) is 2.57. The highest BCUT2D eigenvalue weighted by Gasteiger charge is 2.15. The van der Waals surface area contributed by atoms with Gasteiger partial charge in [0.2, 0.25) is 0 Å². The Bertz CT molecular complexity index is 276. The summed E-state index contributed by atoms with van der Waals surface area (Å²) < 4.78 is 5.08. The Kier molecular flexibility index (Phi) is 2.50. The number of carboxylic acids is 1. The van der Waals surface area contributed by atoms with Crippen LogP contribution in [0.15, 0.2) is 16.5 Å². The number of aliphatic hydroxyl groups excluding tert-OH is 1. The fourth-order valence-electron chi connectivity index (χ4n) is 0.873. The van der Waals surface area contributed by atoms with Crippen LogP contribution < -0.4 is 0 Å². The minimum absolute atomic E-state index is 0.0170. The number of rotatable bonds is 3. The molecule has 0 radical (unpaired) electrons. The summed E-state index contributed by atoms with van der Waals surface area (Å²) in [4.78, 5) is 10.2. The molecule has 0 unspecified atom stereocenters. The van der Waals surface area contributed by atoms with Gasteiger partial charge in [-0.1, -0.05) is 0 Å². The smallest absolute Gasteiger partial charge is 0.332 e. The van der Waals surface area contributed by atoms with Crippen molar-refractivity contribution < 1.29 is 19.4 Å². The van der Waals surface area contributed by atoms with Crippen LogP contribution in [0.3, 0.4) is 0 Å². The number of aliphatic carboxylic acids is 1. The van der Waals surface area contributed by atoms with E-state index in [0.717, 1.165) is 0 Å². The van der Waals surface area contributed by atoms with Crippen molar-refractivity contribution in [2.24, 2.45) is 0 Å². The first kappa shape index (κ1) is 8.80. The number of hydrogen-bond acceptors (Lipinski definition) is 3. The molecular weight excluding hydrogens is 160 g/mol. The molecule has 0 amide bonds. The Hall–Kier alpha value is -1.29. The minimum Gasteiger partial charge on any atom is -0.479 e. The Labute approximate surface area is 69.4 Å². The highest BCUT2D eigenvalue weighted by atomic mass is 16.4. The SMILES string of the molecule is Cc1ccc(C[C@@H](O)C(=O)O)o1. The zero-order valence-electron chi connectivity index (χ0n) is 6.65. The van der Waals surface area contributed by atoms with Crippen molar-refractivity contribution in [1.29, 1.82) is 0 Å². The van der Waals surface area contributed by atoms with Crippen LogP contribution in [0.2, 0.25) is 0 Å². The maximum absolute atomic E-state index is 10.2. The lowest BCUT2D eigenvalue weighted by Crippen LogP contribution is -2.21. The van der Waals surface area contributed by atoms with E-state index >= 15 is 0 Å². The molecule has 1 heterocycles. The molecule has 0 saturated heterocycles. The van der Waals surface area contributed by atoms with Gasteiger partial charge in [0.15, 0.2) is 6.10 Å². The van der Waals surface area contributed by atoms with Gasteiger partial charge in [0.05, 0.1) is 0 Å². The van der Waals surface area contributed by atoms with E-state index in [4.69, 9.17) is 14.6 Å². The van der Waals surface area contributed by atoms with Crippen LogP contribution in [0.25, 0.3) is 0 Å². The Morgan fingerprint density at radius 3 is 2.75 bits per heavy atom. The number of hydrogen-bond donors (Lipinski definition) is 2. The molecule has 12 heavy (non-hydrogen) atoms. The highest BCUT2D eigenvalue weighted by molar-refractivity contribution is 5.72. The fraction of sp³-hybridized carbons (Fsp3) is 0.375. The number of aryl methyl sites for hydroxylation is 1. The van der Waals surface area contributed by atoms with E-state index in [2.05, 4.69) is 0 Å². The average molecular weight is 170 g/mol. The summed E-state index contributed by atoms with van der Waals surface area (Å²) in [5.74, 6) is -0.0333. The van der Waals surface area contributed by atoms with Gasteiger partial charge in [0.1, 0.15) is 11.5 Å². The van der Waals surface area contributed by atoms with Crippen molar-refractivity contribution in [3.05, 3.63) is 23.7 Å². The van der Waals surface area contributed by atoms with Crippen molar-refractivity contribution in [3.63, 3.8) is 0 Å². The fourth-order valence-corrected chi connectivity index (χ4v) is 0.873. The molecule has 0 bridgehead atoms. The van der Waals surface area contributed by atoms with Gasteiger partial charge < -0.3 is 14.6 Å². The van der Waals surface area contributed by atoms with Gasteiger partial charge in [-0.3, -0.25) is 0 Å². The van der Waals surface area contributed by atoms with Crippen molar-refractivity contribution in [2.45, 2.75) is 19.4 Å². The number of aliphatic hydroxyl groups is 1. The lowest BCUT2D eigenvalue weighted by molar-refractivity contribution is -0.146. The largest absolute Gasteiger partial charge is 0.479 e. The molecule has 4 heteroatoms. The van der Waals surface area contributed by atoms with E-state index in [1.54, 1.807) is 19.1 Å². The minimum atomic E-state index is -1.38. The first-order valence-corrected chi connectivity index (χ1v) is 3.56. The van der Waals surface area contributed by atoms with Crippen LogP contribution in [0.1, 0.15) is 11.5 Å². The zero-order valence-corrected chi connectivity index (χ0v) is 6.65. The van der Waals surface area contributed by atoms with Gasteiger partial charge in [-0.2, -0.15) is 0 Å². The lowest BCUT2D eigenvalue weighted by Gasteiger charge is -2.00. The molecule has 0 fully saturated rings. The standard InChI is InChI=1S/C8H10O4/c1-5-2-3-6(12-5)4-7(9)8(10)11/h2-3,7,9H,4H2,1H3,(H,10,11)/t7-/m1/s1. The number of carbonyl (C=O) groups is 1. The monoisotopic (exact) mass is 170 g/mol. The average Bonchev–Trinajstić information content (AvgIpc) is 2.35. The van der Waals surface area contributed by atoms with Crippen molar-refractivity contribution in [3.8, 4) is 0 Å². The second-order valence-corrected chi connectivity index (χ2v) is 2.57. The maximum Gasteiger partial charge on any atom is 0.332 e. The van der Waals surface area contributed by atoms with Crippen molar-refractivity contribution in [1.82, 2.24) is 0 Å². The summed E-state index contributed by atoms with van der Waals surface area (Å²) in [6.45, 7) is 1.76. The van der Waals surface area contributed by atoms with E-state index in [1.807, 2.05) is 0 Å². The molecule has 0 aromatic carbocycles. The van der Waals surface area contributed by atoms with Gasteiger partial charge >= 0.3 is 5.97 Å². The van der Waals surface area contributed by atoms with Gasteiger partial charge in [-0.25, -0.2) is 4.79 Å². The normalized spacial score (nSPS) is 12.8. The van der Waals surface area contributed by atoms with Crippen LogP contribution in [-0.4, -0.2) is 22.3 Å². The molecule has 0 aliphatic carbocycles. The third-order valence-corrected chi connectivity index (χ3v) is 1.48. The summed E-state index contributed by atoms with van der Waals surface area (Å²) in [7, 11) is 0. The quantitative estimate of drug-likeness (QED) is 0.695. The Morgan fingerprint density at radius 2 is 2.33 bits per heavy atom. The van der Waals surface area contributed by atoms with E-state index in [1.165, 1.54) is 0 Å². The van der Waals surface area contributed by atoms with Crippen molar-refractivity contribution >= 4 is 5.97 Å². The summed E-state index contributed by atoms with van der Waals surface area (Å²) in [6, 6.07) is 3.38. The summed E-state index contributed by atoms with van der Waals surface area (Å²) >= 11 is 0. The summed E-state index contributed by atoms with van der Waals surface area (Å²) in [5.41, 5.74) is 0. The summed E-state index contributed by atoms with van der Waals surface area (Å²) in [6.07, 6.45) is -1.36. The first-order chi connectivity index (χ1) is 5.59. The molecule has 66 valence electrons. The van der Waals surface area contributed by atoms with Crippen LogP contribution >= 0.6 is 0 Å². The predicted molar refractivity (Wildman–Crippen MR) is 40.8 cm³/mol. The Balaban J connectivity index is 2.58. The zero-order chi connectivity index (χ0) is 9.14. The predicted octanol–water partition coefficient (Wildman–Crippen LogP) is 0.576. The topological polar surface area (TPSA) is 70.7 Å². The highest BCUT2D eigenvalue weighted by Crippen LogP contribution is 2.08. The van der Waals surface area contributed by atoms with Crippen LogP contribution in [-0.2, 0) is 11.2 Å². The first-order valence-electron chi connectivity index (χ1n) is 3.56. The second kappa shape index (κ2) is 3.40. The molecule has 0 spiro atoms. The molecule has 1 aromatic heterocycles. The molecule has 2 N–H and O–H groups in total. The third-order valence-electron chi connectivity index (χ3n) is 1.48. The number of carboxylic acid groups (broad SMARTS) is 1. The van der Waals surface area contributed by atoms with Gasteiger partial charge in [0.25, 0.3) is 0 Å². The van der Waals surface area contributed by atoms with Gasteiger partial charge in [0, 0.05) is 6.42 Å². The van der Waals surface area contributed by atoms with E-state index in [0.29, 0.717) is 11.5 Å². The molecule has 1 aromatic rings. The van der Waals surface area contributed by atoms with Crippen LogP contribution in [0.5, 0.6) is 0 Å². The van der Waals surface area contributed by atoms with Crippen LogP contribution in [0.4, 0.5) is 0 Å². The van der Waals surface area contributed by atoms with Gasteiger partial charge in [-0.05, 0) is 19.1 Å². The number of furan rings is 1. The summed E-state index contributed by atoms with van der Waals surface area (Å²) in [5, 5.41) is 17.3. The van der Waals surface area contributed by atoms with Crippen molar-refractivity contribution in [2.75, 3.05) is 0 Å². The van der Waals surface area contributed by atoms with E-state index < -0.39 is 12.1 Å². The molecule has 1 rings (SSSR count). The third kappa shape index (κ3) is 2.10. The van der Waals surface area contributed by atoms with E-state index in [9.17, 15) is 4.79 Å². The molecule has 0 aliphatic rings. The van der Waals surface area contributed by atoms with E-state index in [-0.39, 0.29) is 6.42 Å². The molecule has 0 aliphatic heterocycles. The molecule has 0 saturated carbocycles. The van der Waals surface area contributed by atoms with Crippen LogP contribution in [0, 0.1) is 6.92 Å². The molecule has 1 atom stereocenters.